The van der Waals surface area contributed by atoms with Crippen LogP contribution in [-0.4, -0.2) is 31.6 Å². The van der Waals surface area contributed by atoms with Crippen LogP contribution in [0.4, 0.5) is 4.39 Å². The van der Waals surface area contributed by atoms with E-state index in [4.69, 9.17) is 9.47 Å². The summed E-state index contributed by atoms with van der Waals surface area (Å²) >= 11 is 0. The Labute approximate surface area is 162 Å². The summed E-state index contributed by atoms with van der Waals surface area (Å²) in [5.41, 5.74) is 0.905. The highest BCUT2D eigenvalue weighted by molar-refractivity contribution is 5.84. The highest BCUT2D eigenvalue weighted by Crippen LogP contribution is 2.20. The average Bonchev–Trinajstić information content (AvgIpc) is 2.72. The van der Waals surface area contributed by atoms with E-state index >= 15 is 0 Å². The second kappa shape index (κ2) is 9.50. The SMILES string of the molecule is O=C(COC(=O)COc1ccc2ccccc2c1)NCCc1ccc(F)cc1. The molecule has 0 saturated carbocycles. The lowest BCUT2D eigenvalue weighted by Crippen LogP contribution is -2.31. The number of esters is 1. The molecule has 0 aliphatic carbocycles. The molecular formula is C22H20FNO4. The van der Waals surface area contributed by atoms with Crippen molar-refractivity contribution in [3.8, 4) is 5.75 Å². The summed E-state index contributed by atoms with van der Waals surface area (Å²) in [6, 6.07) is 19.4. The normalized spacial score (nSPS) is 10.5. The van der Waals surface area contributed by atoms with Gasteiger partial charge in [-0.25, -0.2) is 9.18 Å². The maximum atomic E-state index is 12.8. The van der Waals surface area contributed by atoms with Gasteiger partial charge in [0, 0.05) is 6.54 Å². The van der Waals surface area contributed by atoms with Gasteiger partial charge < -0.3 is 14.8 Å². The summed E-state index contributed by atoms with van der Waals surface area (Å²) < 4.78 is 23.2. The molecule has 144 valence electrons. The fourth-order valence-corrected chi connectivity index (χ4v) is 2.64. The van der Waals surface area contributed by atoms with Gasteiger partial charge >= 0.3 is 5.97 Å². The van der Waals surface area contributed by atoms with Gasteiger partial charge in [-0.05, 0) is 47.0 Å². The Morgan fingerprint density at radius 3 is 2.43 bits per heavy atom. The number of halogens is 1. The molecule has 3 rings (SSSR count). The fraction of sp³-hybridized carbons (Fsp3) is 0.182. The molecule has 1 N–H and O–H groups in total. The van der Waals surface area contributed by atoms with Crippen molar-refractivity contribution in [2.75, 3.05) is 19.8 Å². The zero-order valence-electron chi connectivity index (χ0n) is 15.2. The van der Waals surface area contributed by atoms with Crippen molar-refractivity contribution < 1.29 is 23.5 Å². The van der Waals surface area contributed by atoms with Gasteiger partial charge in [0.25, 0.3) is 5.91 Å². The van der Waals surface area contributed by atoms with E-state index in [1.54, 1.807) is 18.2 Å². The maximum absolute atomic E-state index is 12.8. The van der Waals surface area contributed by atoms with Crippen LogP contribution in [0.3, 0.4) is 0 Å². The zero-order valence-corrected chi connectivity index (χ0v) is 15.2. The molecular weight excluding hydrogens is 361 g/mol. The molecule has 3 aromatic carbocycles. The standard InChI is InChI=1S/C22H20FNO4/c23-19-8-5-16(6-9-19)11-12-24-21(25)14-28-22(26)15-27-20-10-7-17-3-1-2-4-18(17)13-20/h1-10,13H,11-12,14-15H2,(H,24,25). The molecule has 6 heteroatoms. The minimum Gasteiger partial charge on any atom is -0.482 e. The molecule has 0 radical (unpaired) electrons. The largest absolute Gasteiger partial charge is 0.482 e. The topological polar surface area (TPSA) is 64.6 Å². The van der Waals surface area contributed by atoms with Crippen LogP contribution in [0, 0.1) is 5.82 Å². The molecule has 3 aromatic rings. The first kappa shape index (κ1) is 19.4. The van der Waals surface area contributed by atoms with E-state index < -0.39 is 11.9 Å². The Hall–Kier alpha value is -3.41. The number of benzene rings is 3. The summed E-state index contributed by atoms with van der Waals surface area (Å²) in [4.78, 5) is 23.5. The summed E-state index contributed by atoms with van der Waals surface area (Å²) in [7, 11) is 0. The molecule has 0 aromatic heterocycles. The number of carbonyl (C=O) groups excluding carboxylic acids is 2. The van der Waals surface area contributed by atoms with E-state index in [-0.39, 0.29) is 19.0 Å². The third-order valence-electron chi connectivity index (χ3n) is 4.09. The van der Waals surface area contributed by atoms with Gasteiger partial charge in [-0.2, -0.15) is 0 Å². The monoisotopic (exact) mass is 381 g/mol. The molecule has 0 aliphatic heterocycles. The smallest absolute Gasteiger partial charge is 0.344 e. The molecule has 1 amide bonds. The first-order chi connectivity index (χ1) is 13.6. The predicted octanol–water partition coefficient (Wildman–Crippen LogP) is 3.26. The lowest BCUT2D eigenvalue weighted by molar-refractivity contribution is -0.150. The van der Waals surface area contributed by atoms with Crippen molar-refractivity contribution in [2.24, 2.45) is 0 Å². The van der Waals surface area contributed by atoms with E-state index in [0.717, 1.165) is 16.3 Å². The van der Waals surface area contributed by atoms with Gasteiger partial charge in [0.2, 0.25) is 0 Å². The fourth-order valence-electron chi connectivity index (χ4n) is 2.64. The summed E-state index contributed by atoms with van der Waals surface area (Å²) in [5.74, 6) is -0.770. The Bertz CT molecular complexity index is 956. The van der Waals surface area contributed by atoms with Crippen molar-refractivity contribution >= 4 is 22.6 Å². The average molecular weight is 381 g/mol. The Morgan fingerprint density at radius 2 is 1.64 bits per heavy atom. The second-order valence-electron chi connectivity index (χ2n) is 6.18. The van der Waals surface area contributed by atoms with Crippen molar-refractivity contribution in [3.63, 3.8) is 0 Å². The van der Waals surface area contributed by atoms with Crippen molar-refractivity contribution in [3.05, 3.63) is 78.1 Å². The molecule has 0 unspecified atom stereocenters. The van der Waals surface area contributed by atoms with Crippen LogP contribution in [0.5, 0.6) is 5.75 Å². The van der Waals surface area contributed by atoms with Gasteiger partial charge in [-0.3, -0.25) is 4.79 Å². The van der Waals surface area contributed by atoms with Crippen LogP contribution in [0.1, 0.15) is 5.56 Å². The van der Waals surface area contributed by atoms with Crippen molar-refractivity contribution in [2.45, 2.75) is 6.42 Å². The minimum absolute atomic E-state index is 0.277. The molecule has 0 heterocycles. The van der Waals surface area contributed by atoms with Crippen LogP contribution in [0.25, 0.3) is 10.8 Å². The van der Waals surface area contributed by atoms with E-state index in [1.165, 1.54) is 12.1 Å². The van der Waals surface area contributed by atoms with Gasteiger partial charge in [0.05, 0.1) is 0 Å². The summed E-state index contributed by atoms with van der Waals surface area (Å²) in [6.07, 6.45) is 0.561. The molecule has 5 nitrogen and oxygen atoms in total. The lowest BCUT2D eigenvalue weighted by Gasteiger charge is -2.08. The number of nitrogens with one attached hydrogen (secondary N) is 1. The number of ether oxygens (including phenoxy) is 2. The Morgan fingerprint density at radius 1 is 0.893 bits per heavy atom. The van der Waals surface area contributed by atoms with Crippen LogP contribution in [-0.2, 0) is 20.7 Å². The molecule has 0 bridgehead atoms. The van der Waals surface area contributed by atoms with Crippen molar-refractivity contribution in [1.82, 2.24) is 5.32 Å². The van der Waals surface area contributed by atoms with Gasteiger partial charge in [-0.15, -0.1) is 0 Å². The van der Waals surface area contributed by atoms with E-state index in [9.17, 15) is 14.0 Å². The third kappa shape index (κ3) is 5.81. The van der Waals surface area contributed by atoms with E-state index in [0.29, 0.717) is 18.7 Å². The Kier molecular flexibility index (Phi) is 6.57. The minimum atomic E-state index is -0.623. The molecule has 0 saturated heterocycles. The lowest BCUT2D eigenvalue weighted by atomic mass is 10.1. The summed E-state index contributed by atoms with van der Waals surface area (Å²) in [6.45, 7) is -0.278. The number of rotatable bonds is 8. The number of hydrogen-bond acceptors (Lipinski definition) is 4. The van der Waals surface area contributed by atoms with Crippen LogP contribution < -0.4 is 10.1 Å². The van der Waals surface area contributed by atoms with Crippen molar-refractivity contribution in [1.29, 1.82) is 0 Å². The quantitative estimate of drug-likeness (QED) is 0.609. The predicted molar refractivity (Wildman–Crippen MR) is 104 cm³/mol. The van der Waals surface area contributed by atoms with Crippen LogP contribution in [0.15, 0.2) is 66.7 Å². The maximum Gasteiger partial charge on any atom is 0.344 e. The number of hydrogen-bond donors (Lipinski definition) is 1. The molecule has 0 aliphatic rings. The van der Waals surface area contributed by atoms with E-state index in [1.807, 2.05) is 36.4 Å². The first-order valence-corrected chi connectivity index (χ1v) is 8.88. The number of amides is 1. The van der Waals surface area contributed by atoms with Gasteiger partial charge in [0.15, 0.2) is 13.2 Å². The van der Waals surface area contributed by atoms with Gasteiger partial charge in [0.1, 0.15) is 11.6 Å². The highest BCUT2D eigenvalue weighted by atomic mass is 19.1. The summed E-state index contributed by atoms with van der Waals surface area (Å²) in [5, 5.41) is 4.73. The second-order valence-corrected chi connectivity index (χ2v) is 6.18. The first-order valence-electron chi connectivity index (χ1n) is 8.88. The zero-order chi connectivity index (χ0) is 19.8. The number of fused-ring (bicyclic) bond motifs is 1. The molecule has 0 spiro atoms. The third-order valence-corrected chi connectivity index (χ3v) is 4.09. The number of carbonyl (C=O) groups is 2. The molecule has 0 atom stereocenters. The van der Waals surface area contributed by atoms with Crippen LogP contribution >= 0.6 is 0 Å². The van der Waals surface area contributed by atoms with Crippen LogP contribution in [0.2, 0.25) is 0 Å². The van der Waals surface area contributed by atoms with E-state index in [2.05, 4.69) is 5.32 Å². The Balaban J connectivity index is 1.35. The molecule has 0 fully saturated rings. The molecule has 28 heavy (non-hydrogen) atoms. The van der Waals surface area contributed by atoms with Gasteiger partial charge in [-0.1, -0.05) is 42.5 Å². The highest BCUT2D eigenvalue weighted by Gasteiger charge is 2.08.